The molecule has 2 rings (SSSR count). The molecule has 0 amide bonds. The molecule has 0 aliphatic rings. The van der Waals surface area contributed by atoms with Crippen molar-refractivity contribution in [3.8, 4) is 0 Å². The smallest absolute Gasteiger partial charge is 0.162 e. The molecular weight excluding hydrogens is 275 g/mol. The molecule has 1 N–H and O–H groups in total. The Hall–Kier alpha value is -1.81. The SMILES string of the molecule is CCNC(Cc1cccc(F)c1F)c1ccc(F)cc1C. The largest absolute Gasteiger partial charge is 0.310 e. The molecule has 1 unspecified atom stereocenters. The molecule has 2 aromatic rings. The van der Waals surface area contributed by atoms with Crippen LogP contribution < -0.4 is 5.32 Å². The summed E-state index contributed by atoms with van der Waals surface area (Å²) in [5.41, 5.74) is 1.99. The molecule has 1 atom stereocenters. The van der Waals surface area contributed by atoms with Crippen molar-refractivity contribution >= 4 is 0 Å². The zero-order valence-electron chi connectivity index (χ0n) is 12.1. The monoisotopic (exact) mass is 293 g/mol. The Morgan fingerprint density at radius 2 is 1.86 bits per heavy atom. The normalized spacial score (nSPS) is 12.4. The van der Waals surface area contributed by atoms with Crippen molar-refractivity contribution in [1.82, 2.24) is 5.32 Å². The standard InChI is InChI=1S/C17H18F3N/c1-3-21-16(14-8-7-13(18)9-11(14)2)10-12-5-4-6-15(19)17(12)20/h4-9,16,21H,3,10H2,1-2H3. The predicted octanol–water partition coefficient (Wildman–Crippen LogP) is 4.31. The topological polar surface area (TPSA) is 12.0 Å². The summed E-state index contributed by atoms with van der Waals surface area (Å²) < 4.78 is 40.3. The summed E-state index contributed by atoms with van der Waals surface area (Å²) in [5, 5.41) is 3.24. The minimum Gasteiger partial charge on any atom is -0.310 e. The van der Waals surface area contributed by atoms with Crippen molar-refractivity contribution in [3.05, 3.63) is 70.5 Å². The Kier molecular flexibility index (Phi) is 5.02. The van der Waals surface area contributed by atoms with E-state index in [1.54, 1.807) is 12.1 Å². The highest BCUT2D eigenvalue weighted by atomic mass is 19.2. The fourth-order valence-electron chi connectivity index (χ4n) is 2.49. The van der Waals surface area contributed by atoms with E-state index >= 15 is 0 Å². The molecule has 0 radical (unpaired) electrons. The number of likely N-dealkylation sites (N-methyl/N-ethyl adjacent to an activating group) is 1. The number of hydrogen-bond donors (Lipinski definition) is 1. The number of aryl methyl sites for hydroxylation is 1. The summed E-state index contributed by atoms with van der Waals surface area (Å²) in [4.78, 5) is 0. The van der Waals surface area contributed by atoms with Crippen LogP contribution in [0.25, 0.3) is 0 Å². The summed E-state index contributed by atoms with van der Waals surface area (Å²) in [6.07, 6.45) is 0.309. The Labute approximate surface area is 122 Å². The molecule has 0 fully saturated rings. The lowest BCUT2D eigenvalue weighted by molar-refractivity contribution is 0.480. The van der Waals surface area contributed by atoms with Crippen LogP contribution in [0.5, 0.6) is 0 Å². The van der Waals surface area contributed by atoms with Gasteiger partial charge in [-0.05, 0) is 54.8 Å². The molecule has 112 valence electrons. The van der Waals surface area contributed by atoms with Crippen LogP contribution in [0.1, 0.15) is 29.7 Å². The molecule has 2 aromatic carbocycles. The van der Waals surface area contributed by atoms with Gasteiger partial charge in [0.1, 0.15) is 5.82 Å². The molecule has 4 heteroatoms. The van der Waals surface area contributed by atoms with Gasteiger partial charge < -0.3 is 5.32 Å². The molecule has 0 saturated carbocycles. The van der Waals surface area contributed by atoms with Crippen molar-refractivity contribution in [2.24, 2.45) is 0 Å². The number of benzene rings is 2. The third kappa shape index (κ3) is 3.64. The number of hydrogen-bond acceptors (Lipinski definition) is 1. The summed E-state index contributed by atoms with van der Waals surface area (Å²) in [5.74, 6) is -1.97. The van der Waals surface area contributed by atoms with E-state index in [1.807, 2.05) is 13.8 Å². The van der Waals surface area contributed by atoms with Gasteiger partial charge >= 0.3 is 0 Å². The van der Waals surface area contributed by atoms with Crippen LogP contribution in [0.4, 0.5) is 13.2 Å². The Morgan fingerprint density at radius 3 is 2.52 bits per heavy atom. The van der Waals surface area contributed by atoms with Crippen LogP contribution in [0.15, 0.2) is 36.4 Å². The highest BCUT2D eigenvalue weighted by Gasteiger charge is 2.17. The van der Waals surface area contributed by atoms with E-state index in [9.17, 15) is 13.2 Å². The number of rotatable bonds is 5. The maximum Gasteiger partial charge on any atom is 0.162 e. The maximum atomic E-state index is 13.8. The van der Waals surface area contributed by atoms with E-state index < -0.39 is 11.6 Å². The molecule has 0 aliphatic heterocycles. The van der Waals surface area contributed by atoms with E-state index in [1.165, 1.54) is 18.2 Å². The van der Waals surface area contributed by atoms with Gasteiger partial charge in [0, 0.05) is 6.04 Å². The average Bonchev–Trinajstić information content (AvgIpc) is 2.43. The van der Waals surface area contributed by atoms with Gasteiger partial charge in [-0.15, -0.1) is 0 Å². The van der Waals surface area contributed by atoms with Crippen molar-refractivity contribution in [2.45, 2.75) is 26.3 Å². The molecule has 0 aromatic heterocycles. The van der Waals surface area contributed by atoms with Gasteiger partial charge in [-0.1, -0.05) is 25.1 Å². The second-order valence-corrected chi connectivity index (χ2v) is 5.03. The zero-order valence-corrected chi connectivity index (χ0v) is 12.1. The van der Waals surface area contributed by atoms with Gasteiger partial charge in [-0.2, -0.15) is 0 Å². The van der Waals surface area contributed by atoms with E-state index in [0.29, 0.717) is 18.5 Å². The first kappa shape index (κ1) is 15.6. The van der Waals surface area contributed by atoms with Crippen LogP contribution in [0.2, 0.25) is 0 Å². The fourth-order valence-corrected chi connectivity index (χ4v) is 2.49. The molecular formula is C17H18F3N. The third-order valence-electron chi connectivity index (χ3n) is 3.51. The third-order valence-corrected chi connectivity index (χ3v) is 3.51. The van der Waals surface area contributed by atoms with Gasteiger partial charge in [0.05, 0.1) is 0 Å². The Bertz CT molecular complexity index is 625. The first-order valence-electron chi connectivity index (χ1n) is 6.95. The maximum absolute atomic E-state index is 13.8. The summed E-state index contributed by atoms with van der Waals surface area (Å²) >= 11 is 0. The Morgan fingerprint density at radius 1 is 1.10 bits per heavy atom. The molecule has 1 nitrogen and oxygen atoms in total. The van der Waals surface area contributed by atoms with Gasteiger partial charge in [-0.25, -0.2) is 13.2 Å². The van der Waals surface area contributed by atoms with E-state index in [4.69, 9.17) is 0 Å². The molecule has 0 aliphatic carbocycles. The van der Waals surface area contributed by atoms with Crippen molar-refractivity contribution in [2.75, 3.05) is 6.54 Å². The fraction of sp³-hybridized carbons (Fsp3) is 0.294. The van der Waals surface area contributed by atoms with Gasteiger partial charge in [0.25, 0.3) is 0 Å². The molecule has 0 heterocycles. The van der Waals surface area contributed by atoms with Gasteiger partial charge in [0.2, 0.25) is 0 Å². The molecule has 0 spiro atoms. The highest BCUT2D eigenvalue weighted by molar-refractivity contribution is 5.32. The first-order valence-corrected chi connectivity index (χ1v) is 6.95. The van der Waals surface area contributed by atoms with Crippen LogP contribution in [0, 0.1) is 24.4 Å². The van der Waals surface area contributed by atoms with Crippen molar-refractivity contribution in [3.63, 3.8) is 0 Å². The van der Waals surface area contributed by atoms with Gasteiger partial charge in [0.15, 0.2) is 11.6 Å². The molecule has 21 heavy (non-hydrogen) atoms. The Balaban J connectivity index is 2.33. The number of nitrogens with one attached hydrogen (secondary N) is 1. The summed E-state index contributed by atoms with van der Waals surface area (Å²) in [6.45, 7) is 4.43. The summed E-state index contributed by atoms with van der Waals surface area (Å²) in [7, 11) is 0. The van der Waals surface area contributed by atoms with Crippen LogP contribution in [-0.2, 0) is 6.42 Å². The van der Waals surface area contributed by atoms with Crippen LogP contribution in [0.3, 0.4) is 0 Å². The predicted molar refractivity (Wildman–Crippen MR) is 77.6 cm³/mol. The highest BCUT2D eigenvalue weighted by Crippen LogP contribution is 2.24. The summed E-state index contributed by atoms with van der Waals surface area (Å²) in [6, 6.07) is 8.50. The molecule has 0 saturated heterocycles. The zero-order chi connectivity index (χ0) is 15.4. The van der Waals surface area contributed by atoms with Crippen LogP contribution >= 0.6 is 0 Å². The number of halogens is 3. The lowest BCUT2D eigenvalue weighted by Gasteiger charge is -2.21. The molecule has 0 bridgehead atoms. The minimum absolute atomic E-state index is 0.188. The second kappa shape index (κ2) is 6.76. The van der Waals surface area contributed by atoms with Crippen molar-refractivity contribution < 1.29 is 13.2 Å². The quantitative estimate of drug-likeness (QED) is 0.866. The minimum atomic E-state index is -0.849. The lowest BCUT2D eigenvalue weighted by atomic mass is 9.95. The first-order chi connectivity index (χ1) is 10.0. The lowest BCUT2D eigenvalue weighted by Crippen LogP contribution is -2.24. The van der Waals surface area contributed by atoms with E-state index in [0.717, 1.165) is 17.2 Å². The van der Waals surface area contributed by atoms with Crippen LogP contribution in [-0.4, -0.2) is 6.54 Å². The average molecular weight is 293 g/mol. The van der Waals surface area contributed by atoms with Crippen molar-refractivity contribution in [1.29, 1.82) is 0 Å². The second-order valence-electron chi connectivity index (χ2n) is 5.03. The van der Waals surface area contributed by atoms with Gasteiger partial charge in [-0.3, -0.25) is 0 Å². The van der Waals surface area contributed by atoms with E-state index in [2.05, 4.69) is 5.32 Å². The van der Waals surface area contributed by atoms with E-state index in [-0.39, 0.29) is 11.9 Å².